The summed E-state index contributed by atoms with van der Waals surface area (Å²) < 4.78 is 52.6. The van der Waals surface area contributed by atoms with E-state index in [0.29, 0.717) is 25.1 Å². The van der Waals surface area contributed by atoms with Crippen LogP contribution < -0.4 is 10.6 Å². The van der Waals surface area contributed by atoms with E-state index in [-0.39, 0.29) is 36.1 Å². The summed E-state index contributed by atoms with van der Waals surface area (Å²) in [6.07, 6.45) is -2.61. The summed E-state index contributed by atoms with van der Waals surface area (Å²) in [7, 11) is 0. The van der Waals surface area contributed by atoms with Crippen LogP contribution in [0, 0.1) is 5.82 Å². The molecule has 1 saturated heterocycles. The van der Waals surface area contributed by atoms with Gasteiger partial charge in [-0.3, -0.25) is 0 Å². The molecule has 5 nitrogen and oxygen atoms in total. The average Bonchev–Trinajstić information content (AvgIpc) is 2.72. The quantitative estimate of drug-likeness (QED) is 0.158. The maximum absolute atomic E-state index is 13.2. The van der Waals surface area contributed by atoms with Crippen LogP contribution in [0.5, 0.6) is 0 Å². The molecule has 1 aliphatic heterocycles. The number of likely N-dealkylation sites (N-methyl/N-ethyl adjacent to an activating group) is 1. The van der Waals surface area contributed by atoms with E-state index in [1.54, 1.807) is 0 Å². The minimum absolute atomic E-state index is 0. The molecular weight excluding hydrogens is 525 g/mol. The van der Waals surface area contributed by atoms with Crippen molar-refractivity contribution in [1.82, 2.24) is 20.4 Å². The van der Waals surface area contributed by atoms with Gasteiger partial charge in [-0.05, 0) is 50.6 Å². The Balaban J connectivity index is 0.00000480. The molecule has 1 aromatic carbocycles. The second-order valence-electron chi connectivity index (χ2n) is 7.40. The number of hydrogen-bond donors (Lipinski definition) is 2. The smallest absolute Gasteiger partial charge is 0.357 e. The molecule has 1 aromatic rings. The fourth-order valence-corrected chi connectivity index (χ4v) is 3.45. The molecule has 0 spiro atoms. The van der Waals surface area contributed by atoms with Crippen molar-refractivity contribution < 1.29 is 17.6 Å². The zero-order valence-corrected chi connectivity index (χ0v) is 20.6. The van der Waals surface area contributed by atoms with Crippen molar-refractivity contribution in [3.63, 3.8) is 0 Å². The lowest BCUT2D eigenvalue weighted by Crippen LogP contribution is -2.46. The minimum Gasteiger partial charge on any atom is -0.357 e. The first kappa shape index (κ1) is 27.9. The molecule has 0 radical (unpaired) electrons. The van der Waals surface area contributed by atoms with Crippen LogP contribution in [0.1, 0.15) is 37.8 Å². The molecule has 2 rings (SSSR count). The van der Waals surface area contributed by atoms with Crippen LogP contribution in [-0.4, -0.2) is 68.1 Å². The van der Waals surface area contributed by atoms with Crippen molar-refractivity contribution in [3.8, 4) is 0 Å². The van der Waals surface area contributed by atoms with Gasteiger partial charge in [-0.2, -0.15) is 13.2 Å². The molecule has 0 saturated carbocycles. The summed E-state index contributed by atoms with van der Waals surface area (Å²) in [4.78, 5) is 9.17. The Morgan fingerprint density at radius 3 is 2.32 bits per heavy atom. The van der Waals surface area contributed by atoms with E-state index in [1.165, 1.54) is 0 Å². The fraction of sp³-hybridized carbons (Fsp3) is 0.667. The summed E-state index contributed by atoms with van der Waals surface area (Å²) in [6, 6.07) is 2.69. The number of unbranched alkanes of at least 4 members (excludes halogenated alkanes) is 1. The third kappa shape index (κ3) is 9.90. The predicted octanol–water partition coefficient (Wildman–Crippen LogP) is 3.94. The largest absolute Gasteiger partial charge is 0.416 e. The highest BCUT2D eigenvalue weighted by Crippen LogP contribution is 2.32. The number of guanidine groups is 1. The molecular formula is C21H34F4IN5. The van der Waals surface area contributed by atoms with Crippen molar-refractivity contribution in [3.05, 3.63) is 35.1 Å². The highest BCUT2D eigenvalue weighted by atomic mass is 127. The first-order valence-corrected chi connectivity index (χ1v) is 10.7. The number of rotatable bonds is 9. The van der Waals surface area contributed by atoms with E-state index < -0.39 is 17.6 Å². The second-order valence-corrected chi connectivity index (χ2v) is 7.40. The van der Waals surface area contributed by atoms with Crippen molar-refractivity contribution in [1.29, 1.82) is 0 Å². The van der Waals surface area contributed by atoms with Crippen molar-refractivity contribution in [2.45, 2.75) is 39.4 Å². The van der Waals surface area contributed by atoms with Gasteiger partial charge < -0.3 is 20.4 Å². The van der Waals surface area contributed by atoms with E-state index in [9.17, 15) is 17.6 Å². The van der Waals surface area contributed by atoms with Crippen LogP contribution in [0.4, 0.5) is 17.6 Å². The van der Waals surface area contributed by atoms with Gasteiger partial charge >= 0.3 is 6.18 Å². The molecule has 0 amide bonds. The molecule has 0 atom stereocenters. The maximum Gasteiger partial charge on any atom is 0.416 e. The number of hydrogen-bond acceptors (Lipinski definition) is 3. The Morgan fingerprint density at radius 1 is 1.03 bits per heavy atom. The lowest BCUT2D eigenvalue weighted by Gasteiger charge is -2.34. The van der Waals surface area contributed by atoms with E-state index >= 15 is 0 Å². The van der Waals surface area contributed by atoms with Gasteiger partial charge in [0.1, 0.15) is 5.82 Å². The first-order valence-electron chi connectivity index (χ1n) is 10.7. The number of halogens is 5. The summed E-state index contributed by atoms with van der Waals surface area (Å²) in [5.74, 6) is -0.442. The third-order valence-electron chi connectivity index (χ3n) is 5.23. The third-order valence-corrected chi connectivity index (χ3v) is 5.23. The van der Waals surface area contributed by atoms with Crippen LogP contribution >= 0.6 is 24.0 Å². The van der Waals surface area contributed by atoms with Crippen LogP contribution in [0.2, 0.25) is 0 Å². The van der Waals surface area contributed by atoms with Gasteiger partial charge in [0.05, 0.1) is 12.1 Å². The van der Waals surface area contributed by atoms with E-state index in [0.717, 1.165) is 64.2 Å². The van der Waals surface area contributed by atoms with Gasteiger partial charge in [-0.25, -0.2) is 9.38 Å². The highest BCUT2D eigenvalue weighted by Gasteiger charge is 2.33. The SMILES string of the molecule is CCNC(=NCc1ccc(F)cc1C(F)(F)F)NCCCCN1CCN(CC)CC1.I. The Morgan fingerprint density at radius 2 is 1.71 bits per heavy atom. The lowest BCUT2D eigenvalue weighted by atomic mass is 10.1. The second kappa shape index (κ2) is 14.1. The van der Waals surface area contributed by atoms with E-state index in [2.05, 4.69) is 32.3 Å². The van der Waals surface area contributed by atoms with Crippen molar-refractivity contribution in [2.24, 2.45) is 4.99 Å². The number of aliphatic imine (C=N–C) groups is 1. The molecule has 10 heteroatoms. The summed E-state index contributed by atoms with van der Waals surface area (Å²) in [5, 5.41) is 6.21. The van der Waals surface area contributed by atoms with Gasteiger partial charge in [0.15, 0.2) is 5.96 Å². The average molecular weight is 559 g/mol. The number of nitrogens with one attached hydrogen (secondary N) is 2. The van der Waals surface area contributed by atoms with Gasteiger partial charge in [0.2, 0.25) is 0 Å². The first-order chi connectivity index (χ1) is 14.3. The maximum atomic E-state index is 13.2. The Kier molecular flexibility index (Phi) is 12.7. The van der Waals surface area contributed by atoms with E-state index in [4.69, 9.17) is 0 Å². The van der Waals surface area contributed by atoms with Crippen LogP contribution in [0.25, 0.3) is 0 Å². The molecule has 0 aliphatic carbocycles. The molecule has 1 heterocycles. The molecule has 1 fully saturated rings. The van der Waals surface area contributed by atoms with Crippen molar-refractivity contribution in [2.75, 3.05) is 52.4 Å². The Bertz CT molecular complexity index is 676. The van der Waals surface area contributed by atoms with Crippen LogP contribution in [0.15, 0.2) is 23.2 Å². The molecule has 2 N–H and O–H groups in total. The Labute approximate surface area is 199 Å². The molecule has 178 valence electrons. The predicted molar refractivity (Wildman–Crippen MR) is 127 cm³/mol. The summed E-state index contributed by atoms with van der Waals surface area (Å²) in [6.45, 7) is 11.8. The van der Waals surface area contributed by atoms with Gasteiger partial charge in [-0.15, -0.1) is 24.0 Å². The summed E-state index contributed by atoms with van der Waals surface area (Å²) >= 11 is 0. The molecule has 0 aromatic heterocycles. The molecule has 0 bridgehead atoms. The topological polar surface area (TPSA) is 42.9 Å². The number of alkyl halides is 3. The van der Waals surface area contributed by atoms with Gasteiger partial charge in [0.25, 0.3) is 0 Å². The molecule has 31 heavy (non-hydrogen) atoms. The fourth-order valence-electron chi connectivity index (χ4n) is 3.45. The van der Waals surface area contributed by atoms with Crippen molar-refractivity contribution >= 4 is 29.9 Å². The van der Waals surface area contributed by atoms with Gasteiger partial charge in [0, 0.05) is 39.3 Å². The standard InChI is InChI=1S/C21H33F4N5.HI/c1-3-26-20(27-9-5-6-10-30-13-11-29(4-2)12-14-30)28-16-17-7-8-18(22)15-19(17)21(23,24)25;/h7-8,15H,3-6,9-14,16H2,1-2H3,(H2,26,27,28);1H. The van der Waals surface area contributed by atoms with E-state index in [1.807, 2.05) is 6.92 Å². The Hall–Kier alpha value is -1.14. The number of piperazine rings is 1. The number of benzene rings is 1. The van der Waals surface area contributed by atoms with Crippen LogP contribution in [-0.2, 0) is 12.7 Å². The molecule has 1 aliphatic rings. The highest BCUT2D eigenvalue weighted by molar-refractivity contribution is 14.0. The lowest BCUT2D eigenvalue weighted by molar-refractivity contribution is -0.138. The minimum atomic E-state index is -4.61. The zero-order chi connectivity index (χ0) is 22.0. The normalized spacial score (nSPS) is 16.1. The van der Waals surface area contributed by atoms with Crippen LogP contribution in [0.3, 0.4) is 0 Å². The zero-order valence-electron chi connectivity index (χ0n) is 18.3. The monoisotopic (exact) mass is 559 g/mol. The summed E-state index contributed by atoms with van der Waals surface area (Å²) in [5.41, 5.74) is -1.03. The molecule has 0 unspecified atom stereocenters. The van der Waals surface area contributed by atoms with Gasteiger partial charge in [-0.1, -0.05) is 13.0 Å². The number of nitrogens with zero attached hydrogens (tertiary/aromatic N) is 3.